The number of nitrogens with one attached hydrogen (secondary N) is 2. The van der Waals surface area contributed by atoms with Crippen molar-refractivity contribution in [1.29, 1.82) is 0 Å². The molecule has 102 valence electrons. The summed E-state index contributed by atoms with van der Waals surface area (Å²) >= 11 is 3.48. The minimum atomic E-state index is 0.778. The standard InChI is InChI=1S/C16H15BrN2O/c1-20-15-8-13(17)7-14(9-15)19-10-11-2-3-16-12(6-11)4-5-18-16/h2-9,18-19H,10H2,1H3. The summed E-state index contributed by atoms with van der Waals surface area (Å²) in [6.07, 6.45) is 1.96. The van der Waals surface area contributed by atoms with Crippen molar-refractivity contribution in [2.24, 2.45) is 0 Å². The molecule has 0 bridgehead atoms. The van der Waals surface area contributed by atoms with E-state index in [4.69, 9.17) is 4.74 Å². The Morgan fingerprint density at radius 2 is 2.05 bits per heavy atom. The van der Waals surface area contributed by atoms with Crippen LogP contribution < -0.4 is 10.1 Å². The highest BCUT2D eigenvalue weighted by molar-refractivity contribution is 9.10. The van der Waals surface area contributed by atoms with Crippen LogP contribution in [0.25, 0.3) is 10.9 Å². The van der Waals surface area contributed by atoms with E-state index in [1.54, 1.807) is 7.11 Å². The molecule has 0 aliphatic heterocycles. The number of halogens is 1. The highest BCUT2D eigenvalue weighted by atomic mass is 79.9. The summed E-state index contributed by atoms with van der Waals surface area (Å²) in [5.74, 6) is 0.836. The summed E-state index contributed by atoms with van der Waals surface area (Å²) < 4.78 is 6.26. The molecule has 3 nitrogen and oxygen atoms in total. The van der Waals surface area contributed by atoms with Gasteiger partial charge >= 0.3 is 0 Å². The van der Waals surface area contributed by atoms with E-state index in [0.717, 1.165) is 28.0 Å². The van der Waals surface area contributed by atoms with Gasteiger partial charge in [0.2, 0.25) is 0 Å². The monoisotopic (exact) mass is 330 g/mol. The van der Waals surface area contributed by atoms with Crippen molar-refractivity contribution in [2.45, 2.75) is 6.54 Å². The molecule has 0 unspecified atom stereocenters. The van der Waals surface area contributed by atoms with Gasteiger partial charge < -0.3 is 15.0 Å². The molecule has 0 fully saturated rings. The molecule has 2 N–H and O–H groups in total. The number of benzene rings is 2. The second-order valence-electron chi connectivity index (χ2n) is 4.63. The topological polar surface area (TPSA) is 37.0 Å². The summed E-state index contributed by atoms with van der Waals surface area (Å²) in [4.78, 5) is 3.20. The Morgan fingerprint density at radius 3 is 2.90 bits per heavy atom. The van der Waals surface area contributed by atoms with Gasteiger partial charge in [-0.1, -0.05) is 22.0 Å². The first-order valence-electron chi connectivity index (χ1n) is 6.39. The van der Waals surface area contributed by atoms with E-state index in [1.165, 1.54) is 10.9 Å². The summed E-state index contributed by atoms with van der Waals surface area (Å²) in [5.41, 5.74) is 3.44. The van der Waals surface area contributed by atoms with E-state index in [2.05, 4.69) is 50.5 Å². The smallest absolute Gasteiger partial charge is 0.122 e. The van der Waals surface area contributed by atoms with Crippen LogP contribution in [0.1, 0.15) is 5.56 Å². The van der Waals surface area contributed by atoms with E-state index >= 15 is 0 Å². The fourth-order valence-electron chi connectivity index (χ4n) is 2.20. The fraction of sp³-hybridized carbons (Fsp3) is 0.125. The van der Waals surface area contributed by atoms with E-state index in [-0.39, 0.29) is 0 Å². The van der Waals surface area contributed by atoms with Crippen LogP contribution in [0.5, 0.6) is 5.75 Å². The third kappa shape index (κ3) is 2.80. The molecule has 3 rings (SSSR count). The van der Waals surface area contributed by atoms with Gasteiger partial charge in [0, 0.05) is 34.5 Å². The minimum absolute atomic E-state index is 0.778. The summed E-state index contributed by atoms with van der Waals surface area (Å²) in [6, 6.07) is 14.5. The SMILES string of the molecule is COc1cc(Br)cc(NCc2ccc3[nH]ccc3c2)c1. The van der Waals surface area contributed by atoms with Crippen molar-refractivity contribution >= 4 is 32.5 Å². The maximum Gasteiger partial charge on any atom is 0.122 e. The van der Waals surface area contributed by atoms with Gasteiger partial charge in [0.1, 0.15) is 5.75 Å². The molecular formula is C16H15BrN2O. The van der Waals surface area contributed by atoms with Crippen molar-refractivity contribution in [3.63, 3.8) is 0 Å². The van der Waals surface area contributed by atoms with Gasteiger partial charge in [-0.25, -0.2) is 0 Å². The Bertz CT molecular complexity index is 736. The van der Waals surface area contributed by atoms with Crippen LogP contribution in [0.2, 0.25) is 0 Å². The quantitative estimate of drug-likeness (QED) is 0.736. The van der Waals surface area contributed by atoms with E-state index in [9.17, 15) is 0 Å². The molecule has 1 heterocycles. The molecule has 0 saturated carbocycles. The van der Waals surface area contributed by atoms with Gasteiger partial charge in [-0.05, 0) is 41.3 Å². The lowest BCUT2D eigenvalue weighted by molar-refractivity contribution is 0.414. The molecule has 0 aliphatic rings. The largest absolute Gasteiger partial charge is 0.497 e. The lowest BCUT2D eigenvalue weighted by Crippen LogP contribution is -1.99. The second kappa shape index (κ2) is 5.59. The lowest BCUT2D eigenvalue weighted by atomic mass is 10.1. The number of fused-ring (bicyclic) bond motifs is 1. The van der Waals surface area contributed by atoms with E-state index < -0.39 is 0 Å². The average Bonchev–Trinajstić information content (AvgIpc) is 2.92. The summed E-state index contributed by atoms with van der Waals surface area (Å²) in [7, 11) is 1.67. The van der Waals surface area contributed by atoms with Crippen LogP contribution in [0.15, 0.2) is 53.1 Å². The molecule has 4 heteroatoms. The number of H-pyrrole nitrogens is 1. The first-order valence-corrected chi connectivity index (χ1v) is 7.18. The van der Waals surface area contributed by atoms with Gasteiger partial charge in [-0.3, -0.25) is 0 Å². The molecule has 0 atom stereocenters. The number of aromatic nitrogens is 1. The zero-order valence-electron chi connectivity index (χ0n) is 11.1. The highest BCUT2D eigenvalue weighted by Gasteiger charge is 2.01. The number of aromatic amines is 1. The van der Waals surface area contributed by atoms with Crippen LogP contribution in [-0.2, 0) is 6.54 Å². The molecule has 0 amide bonds. The first kappa shape index (κ1) is 13.1. The summed E-state index contributed by atoms with van der Waals surface area (Å²) in [5, 5.41) is 4.65. The maximum absolute atomic E-state index is 5.26. The molecule has 0 radical (unpaired) electrons. The normalized spacial score (nSPS) is 10.7. The predicted molar refractivity (Wildman–Crippen MR) is 86.3 cm³/mol. The third-order valence-electron chi connectivity index (χ3n) is 3.22. The molecule has 20 heavy (non-hydrogen) atoms. The maximum atomic E-state index is 5.26. The van der Waals surface area contributed by atoms with Gasteiger partial charge in [-0.15, -0.1) is 0 Å². The molecule has 3 aromatic rings. The lowest BCUT2D eigenvalue weighted by Gasteiger charge is -2.09. The highest BCUT2D eigenvalue weighted by Crippen LogP contribution is 2.25. The molecule has 0 saturated heterocycles. The second-order valence-corrected chi connectivity index (χ2v) is 5.55. The third-order valence-corrected chi connectivity index (χ3v) is 3.68. The number of rotatable bonds is 4. The van der Waals surface area contributed by atoms with Gasteiger partial charge in [0.25, 0.3) is 0 Å². The molecular weight excluding hydrogens is 316 g/mol. The Labute approximate surface area is 126 Å². The molecule has 1 aromatic heterocycles. The van der Waals surface area contributed by atoms with Crippen LogP contribution in [0, 0.1) is 0 Å². The Balaban J connectivity index is 1.76. The van der Waals surface area contributed by atoms with Crippen molar-refractivity contribution in [1.82, 2.24) is 4.98 Å². The Kier molecular flexibility index (Phi) is 3.65. The van der Waals surface area contributed by atoms with Gasteiger partial charge in [0.15, 0.2) is 0 Å². The zero-order chi connectivity index (χ0) is 13.9. The van der Waals surface area contributed by atoms with Crippen LogP contribution in [0.3, 0.4) is 0 Å². The number of anilines is 1. The summed E-state index contributed by atoms with van der Waals surface area (Å²) in [6.45, 7) is 0.778. The number of hydrogen-bond donors (Lipinski definition) is 2. The van der Waals surface area contributed by atoms with E-state index in [0.29, 0.717) is 0 Å². The molecule has 0 spiro atoms. The Morgan fingerprint density at radius 1 is 1.15 bits per heavy atom. The van der Waals surface area contributed by atoms with Gasteiger partial charge in [0.05, 0.1) is 7.11 Å². The minimum Gasteiger partial charge on any atom is -0.497 e. The first-order chi connectivity index (χ1) is 9.74. The van der Waals surface area contributed by atoms with Crippen LogP contribution >= 0.6 is 15.9 Å². The van der Waals surface area contributed by atoms with Gasteiger partial charge in [-0.2, -0.15) is 0 Å². The predicted octanol–water partition coefficient (Wildman–Crippen LogP) is 4.55. The number of hydrogen-bond acceptors (Lipinski definition) is 2. The van der Waals surface area contributed by atoms with E-state index in [1.807, 2.05) is 24.4 Å². The van der Waals surface area contributed by atoms with Crippen molar-refractivity contribution in [2.75, 3.05) is 12.4 Å². The Hall–Kier alpha value is -1.94. The molecule has 2 aromatic carbocycles. The zero-order valence-corrected chi connectivity index (χ0v) is 12.7. The van der Waals surface area contributed by atoms with Crippen molar-refractivity contribution in [3.05, 3.63) is 58.7 Å². The van der Waals surface area contributed by atoms with Crippen molar-refractivity contribution in [3.8, 4) is 5.75 Å². The van der Waals surface area contributed by atoms with Crippen LogP contribution in [0.4, 0.5) is 5.69 Å². The van der Waals surface area contributed by atoms with Crippen LogP contribution in [-0.4, -0.2) is 12.1 Å². The number of ether oxygens (including phenoxy) is 1. The average molecular weight is 331 g/mol. The number of methoxy groups -OCH3 is 1. The fourth-order valence-corrected chi connectivity index (χ4v) is 2.67. The van der Waals surface area contributed by atoms with Crippen molar-refractivity contribution < 1.29 is 4.74 Å². The molecule has 0 aliphatic carbocycles.